The number of hydrogen-bond acceptors (Lipinski definition) is 0. The Morgan fingerprint density at radius 3 is 2.00 bits per heavy atom. The van der Waals surface area contributed by atoms with Crippen molar-refractivity contribution in [3.05, 3.63) is 34.4 Å². The zero-order valence-corrected chi connectivity index (χ0v) is 8.87. The maximum atomic E-state index is 6.03. The summed E-state index contributed by atoms with van der Waals surface area (Å²) in [6.07, 6.45) is 0. The second kappa shape index (κ2) is 3.49. The van der Waals surface area contributed by atoms with Crippen LogP contribution in [0.15, 0.2) is 12.1 Å². The van der Waals surface area contributed by atoms with Gasteiger partial charge in [-0.2, -0.15) is 0 Å². The number of aryl methyl sites for hydroxylation is 3. The topological polar surface area (TPSA) is 0 Å². The van der Waals surface area contributed by atoms with E-state index in [4.69, 9.17) is 11.6 Å². The molecule has 0 aliphatic heterocycles. The van der Waals surface area contributed by atoms with Gasteiger partial charge < -0.3 is 0 Å². The van der Waals surface area contributed by atoms with Gasteiger partial charge in [0.1, 0.15) is 0 Å². The highest BCUT2D eigenvalue weighted by Crippen LogP contribution is 2.25. The number of halogens is 1. The molecule has 0 nitrogen and oxygen atoms in total. The van der Waals surface area contributed by atoms with Crippen molar-refractivity contribution < 1.29 is 0 Å². The minimum Gasteiger partial charge on any atom is -0.118 e. The molecule has 0 amide bonds. The van der Waals surface area contributed by atoms with Crippen molar-refractivity contribution in [2.45, 2.75) is 33.1 Å². The molecule has 0 fully saturated rings. The van der Waals surface area contributed by atoms with Gasteiger partial charge in [0.15, 0.2) is 0 Å². The fourth-order valence-corrected chi connectivity index (χ4v) is 1.65. The fraction of sp³-hybridized carbons (Fsp3) is 0.455. The lowest BCUT2D eigenvalue weighted by Gasteiger charge is -2.10. The van der Waals surface area contributed by atoms with Crippen LogP contribution in [0, 0.1) is 20.8 Å². The lowest BCUT2D eigenvalue weighted by atomic mass is 9.99. The molecule has 12 heavy (non-hydrogen) atoms. The van der Waals surface area contributed by atoms with Crippen molar-refractivity contribution >= 4 is 11.6 Å². The minimum absolute atomic E-state index is 0.115. The van der Waals surface area contributed by atoms with E-state index in [1.165, 1.54) is 22.3 Å². The zero-order chi connectivity index (χ0) is 9.30. The molecule has 1 aromatic carbocycles. The van der Waals surface area contributed by atoms with Crippen LogP contribution in [0.3, 0.4) is 0 Å². The van der Waals surface area contributed by atoms with Crippen molar-refractivity contribution in [2.75, 3.05) is 0 Å². The summed E-state index contributed by atoms with van der Waals surface area (Å²) in [5, 5.41) is 0.115. The van der Waals surface area contributed by atoms with Crippen molar-refractivity contribution in [3.8, 4) is 0 Å². The molecule has 0 aliphatic rings. The van der Waals surface area contributed by atoms with Gasteiger partial charge in [0.25, 0.3) is 0 Å². The van der Waals surface area contributed by atoms with Gasteiger partial charge in [-0.3, -0.25) is 0 Å². The molecule has 0 radical (unpaired) electrons. The van der Waals surface area contributed by atoms with E-state index in [0.29, 0.717) is 0 Å². The predicted octanol–water partition coefficient (Wildman–Crippen LogP) is 3.91. The van der Waals surface area contributed by atoms with Crippen LogP contribution in [0.25, 0.3) is 0 Å². The molecule has 0 aliphatic carbocycles. The van der Waals surface area contributed by atoms with Gasteiger partial charge in [0.2, 0.25) is 0 Å². The zero-order valence-electron chi connectivity index (χ0n) is 8.11. The minimum atomic E-state index is 0.115. The van der Waals surface area contributed by atoms with E-state index >= 15 is 0 Å². The van der Waals surface area contributed by atoms with Crippen molar-refractivity contribution in [2.24, 2.45) is 0 Å². The average molecular weight is 183 g/mol. The van der Waals surface area contributed by atoms with E-state index in [1.807, 2.05) is 6.92 Å². The standard InChI is InChI=1S/C11H15Cl/c1-7-5-9(3)11(10(4)12)6-8(7)2/h5-6,10H,1-4H3. The molecule has 0 N–H and O–H groups in total. The van der Waals surface area contributed by atoms with Crippen LogP contribution in [0.4, 0.5) is 0 Å². The Balaban J connectivity index is 3.23. The van der Waals surface area contributed by atoms with Crippen LogP contribution in [0.1, 0.15) is 34.6 Å². The second-order valence-electron chi connectivity index (χ2n) is 3.41. The lowest BCUT2D eigenvalue weighted by molar-refractivity contribution is 1.05. The summed E-state index contributed by atoms with van der Waals surface area (Å²) >= 11 is 6.03. The highest BCUT2D eigenvalue weighted by atomic mass is 35.5. The number of rotatable bonds is 1. The third-order valence-electron chi connectivity index (χ3n) is 2.31. The highest BCUT2D eigenvalue weighted by molar-refractivity contribution is 6.20. The molecule has 0 aromatic heterocycles. The van der Waals surface area contributed by atoms with Crippen molar-refractivity contribution in [1.82, 2.24) is 0 Å². The molecule has 0 spiro atoms. The Kier molecular flexibility index (Phi) is 2.79. The number of hydrogen-bond donors (Lipinski definition) is 0. The Hall–Kier alpha value is -0.490. The summed E-state index contributed by atoms with van der Waals surface area (Å²) in [7, 11) is 0. The average Bonchev–Trinajstić information content (AvgIpc) is 1.96. The third kappa shape index (κ3) is 1.81. The van der Waals surface area contributed by atoms with Crippen LogP contribution in [0.2, 0.25) is 0 Å². The smallest absolute Gasteiger partial charge is 0.0559 e. The van der Waals surface area contributed by atoms with E-state index in [1.54, 1.807) is 0 Å². The quantitative estimate of drug-likeness (QED) is 0.578. The number of benzene rings is 1. The molecule has 0 heterocycles. The van der Waals surface area contributed by atoms with Crippen LogP contribution in [0.5, 0.6) is 0 Å². The van der Waals surface area contributed by atoms with E-state index in [9.17, 15) is 0 Å². The van der Waals surface area contributed by atoms with Crippen LogP contribution < -0.4 is 0 Å². The molecule has 66 valence electrons. The summed E-state index contributed by atoms with van der Waals surface area (Å²) in [6.45, 7) is 8.38. The van der Waals surface area contributed by atoms with Gasteiger partial charge in [0.05, 0.1) is 5.38 Å². The maximum Gasteiger partial charge on any atom is 0.0559 e. The van der Waals surface area contributed by atoms with Crippen molar-refractivity contribution in [3.63, 3.8) is 0 Å². The lowest BCUT2D eigenvalue weighted by Crippen LogP contribution is -1.93. The monoisotopic (exact) mass is 182 g/mol. The summed E-state index contributed by atoms with van der Waals surface area (Å²) < 4.78 is 0. The van der Waals surface area contributed by atoms with Gasteiger partial charge in [-0.15, -0.1) is 11.6 Å². The highest BCUT2D eigenvalue weighted by Gasteiger charge is 2.06. The second-order valence-corrected chi connectivity index (χ2v) is 4.06. The largest absolute Gasteiger partial charge is 0.118 e. The van der Waals surface area contributed by atoms with Crippen molar-refractivity contribution in [1.29, 1.82) is 0 Å². The van der Waals surface area contributed by atoms with Gasteiger partial charge in [-0.1, -0.05) is 12.1 Å². The van der Waals surface area contributed by atoms with Gasteiger partial charge in [-0.05, 0) is 49.9 Å². The normalized spacial score (nSPS) is 13.1. The molecule has 0 bridgehead atoms. The van der Waals surface area contributed by atoms with E-state index < -0.39 is 0 Å². The fourth-order valence-electron chi connectivity index (χ4n) is 1.41. The van der Waals surface area contributed by atoms with E-state index in [0.717, 1.165) is 0 Å². The first kappa shape index (κ1) is 9.60. The van der Waals surface area contributed by atoms with Gasteiger partial charge >= 0.3 is 0 Å². The Morgan fingerprint density at radius 1 is 1.00 bits per heavy atom. The molecule has 1 aromatic rings. The first-order valence-corrected chi connectivity index (χ1v) is 4.68. The summed E-state index contributed by atoms with van der Waals surface area (Å²) in [6, 6.07) is 4.38. The molecule has 1 rings (SSSR count). The molecule has 1 unspecified atom stereocenters. The molecule has 0 saturated heterocycles. The van der Waals surface area contributed by atoms with Gasteiger partial charge in [0, 0.05) is 0 Å². The Labute approximate surface area is 79.6 Å². The van der Waals surface area contributed by atoms with Gasteiger partial charge in [-0.25, -0.2) is 0 Å². The number of alkyl halides is 1. The summed E-state index contributed by atoms with van der Waals surface area (Å²) in [5.74, 6) is 0. The first-order valence-electron chi connectivity index (χ1n) is 4.24. The molecule has 1 atom stereocenters. The van der Waals surface area contributed by atoms with Crippen LogP contribution in [-0.2, 0) is 0 Å². The van der Waals surface area contributed by atoms with E-state index in [-0.39, 0.29) is 5.38 Å². The predicted molar refractivity (Wildman–Crippen MR) is 54.9 cm³/mol. The summed E-state index contributed by atoms with van der Waals surface area (Å²) in [4.78, 5) is 0. The summed E-state index contributed by atoms with van der Waals surface area (Å²) in [5.41, 5.74) is 5.21. The maximum absolute atomic E-state index is 6.03. The molecule has 1 heteroatoms. The Bertz CT molecular complexity index is 287. The molecular weight excluding hydrogens is 168 g/mol. The SMILES string of the molecule is Cc1cc(C)c(C(C)Cl)cc1C. The van der Waals surface area contributed by atoms with E-state index in [2.05, 4.69) is 32.9 Å². The third-order valence-corrected chi connectivity index (χ3v) is 2.55. The van der Waals surface area contributed by atoms with Crippen LogP contribution >= 0.6 is 11.6 Å². The van der Waals surface area contributed by atoms with Crippen LogP contribution in [-0.4, -0.2) is 0 Å². The Morgan fingerprint density at radius 2 is 1.50 bits per heavy atom. The molecular formula is C11H15Cl. The first-order chi connectivity index (χ1) is 5.52. The molecule has 0 saturated carbocycles.